The first-order valence-corrected chi connectivity index (χ1v) is 17.8. The summed E-state index contributed by atoms with van der Waals surface area (Å²) < 4.78 is 75.2. The lowest BCUT2D eigenvalue weighted by atomic mass is 9.70. The molecule has 42 heavy (non-hydrogen) atoms. The van der Waals surface area contributed by atoms with Gasteiger partial charge in [0.1, 0.15) is 11.9 Å². The van der Waals surface area contributed by atoms with Crippen molar-refractivity contribution in [3.8, 4) is 0 Å². The highest BCUT2D eigenvalue weighted by Crippen LogP contribution is 2.59. The Morgan fingerprint density at radius 3 is 2.26 bits per heavy atom. The van der Waals surface area contributed by atoms with Crippen LogP contribution in [0.5, 0.6) is 0 Å². The van der Waals surface area contributed by atoms with E-state index in [0.717, 1.165) is 40.2 Å². The number of hydrogen-bond donors (Lipinski definition) is 0. The average Bonchev–Trinajstić information content (AvgIpc) is 3.15. The van der Waals surface area contributed by atoms with Gasteiger partial charge < -0.3 is 13.9 Å². The number of ether oxygens (including phenoxy) is 2. The van der Waals surface area contributed by atoms with Crippen LogP contribution in [0, 0.1) is 17.7 Å². The fourth-order valence-corrected chi connectivity index (χ4v) is 7.65. The van der Waals surface area contributed by atoms with Gasteiger partial charge in [0.2, 0.25) is 0 Å². The number of halogens is 4. The first-order chi connectivity index (χ1) is 19.3. The topological polar surface area (TPSA) is 40.6 Å². The molecule has 2 aromatic rings. The number of aromatic nitrogens is 1. The van der Waals surface area contributed by atoms with Crippen LogP contribution >= 0.6 is 0 Å². The summed E-state index contributed by atoms with van der Waals surface area (Å²) in [4.78, 5) is 5.19. The minimum absolute atomic E-state index is 0.0176. The lowest BCUT2D eigenvalue weighted by Crippen LogP contribution is -2.44. The second kappa shape index (κ2) is 10.4. The molecule has 2 atom stereocenters. The van der Waals surface area contributed by atoms with Gasteiger partial charge in [0.15, 0.2) is 8.32 Å². The quantitative estimate of drug-likeness (QED) is 0.257. The molecule has 0 N–H and O–H groups in total. The Kier molecular flexibility index (Phi) is 7.81. The Balaban J connectivity index is 1.78. The summed E-state index contributed by atoms with van der Waals surface area (Å²) in [5.41, 5.74) is 2.38. The molecule has 5 rings (SSSR count). The fraction of sp³-hybridized carbons (Fsp3) is 0.636. The van der Waals surface area contributed by atoms with E-state index in [-0.39, 0.29) is 22.5 Å². The Morgan fingerprint density at radius 1 is 1.07 bits per heavy atom. The first-order valence-electron chi connectivity index (χ1n) is 14.9. The smallest absolute Gasteiger partial charge is 0.410 e. The number of benzene rings is 1. The maximum atomic E-state index is 14.9. The van der Waals surface area contributed by atoms with Crippen LogP contribution in [-0.4, -0.2) is 26.5 Å². The number of fused-ring (bicyclic) bond motifs is 4. The summed E-state index contributed by atoms with van der Waals surface area (Å²) in [5, 5.41) is -0.0240. The van der Waals surface area contributed by atoms with Crippen LogP contribution in [-0.2, 0) is 25.7 Å². The van der Waals surface area contributed by atoms with Gasteiger partial charge in [-0.15, -0.1) is 0 Å². The zero-order valence-electron chi connectivity index (χ0n) is 26.2. The van der Waals surface area contributed by atoms with Crippen molar-refractivity contribution in [1.29, 1.82) is 0 Å². The van der Waals surface area contributed by atoms with Gasteiger partial charge in [-0.25, -0.2) is 4.39 Å². The molecule has 3 heterocycles. The Morgan fingerprint density at radius 2 is 1.71 bits per heavy atom. The Hall–Kier alpha value is -1.81. The monoisotopic (exact) mass is 605 g/mol. The van der Waals surface area contributed by atoms with E-state index in [2.05, 4.69) is 54.1 Å². The van der Waals surface area contributed by atoms with E-state index in [1.54, 1.807) is 0 Å². The second-order valence-electron chi connectivity index (χ2n) is 14.6. The molecule has 1 aromatic heterocycles. The van der Waals surface area contributed by atoms with Crippen LogP contribution in [0.15, 0.2) is 18.2 Å². The largest absolute Gasteiger partial charge is 0.419 e. The van der Waals surface area contributed by atoms with E-state index in [1.165, 1.54) is 6.07 Å². The van der Waals surface area contributed by atoms with E-state index in [1.807, 2.05) is 13.8 Å². The van der Waals surface area contributed by atoms with Gasteiger partial charge in [0, 0.05) is 49.3 Å². The molecule has 0 amide bonds. The molecule has 3 aliphatic rings. The molecule has 0 unspecified atom stereocenters. The van der Waals surface area contributed by atoms with Gasteiger partial charge in [0.25, 0.3) is 0 Å². The van der Waals surface area contributed by atoms with E-state index in [9.17, 15) is 17.6 Å². The van der Waals surface area contributed by atoms with Crippen molar-refractivity contribution in [1.82, 2.24) is 4.98 Å². The minimum atomic E-state index is -4.78. The van der Waals surface area contributed by atoms with Crippen molar-refractivity contribution in [2.45, 2.75) is 116 Å². The highest BCUT2D eigenvalue weighted by atomic mass is 28.4. The Labute approximate surface area is 248 Å². The molecule has 0 saturated carbocycles. The molecule has 230 valence electrons. The molecule has 4 nitrogen and oxygen atoms in total. The number of rotatable bonds is 4. The van der Waals surface area contributed by atoms with Gasteiger partial charge in [0.05, 0.1) is 23.0 Å². The summed E-state index contributed by atoms with van der Waals surface area (Å²) in [6, 6.07) is 3.13. The zero-order chi connectivity index (χ0) is 31.0. The lowest BCUT2D eigenvalue weighted by Gasteiger charge is -2.46. The highest BCUT2D eigenvalue weighted by molar-refractivity contribution is 6.74. The molecular weight excluding hydrogens is 562 g/mol. The third-order valence-electron chi connectivity index (χ3n) is 9.53. The van der Waals surface area contributed by atoms with Crippen molar-refractivity contribution in [2.75, 3.05) is 13.2 Å². The predicted octanol–water partition coefficient (Wildman–Crippen LogP) is 9.41. The summed E-state index contributed by atoms with van der Waals surface area (Å²) in [5.74, 6) is -1.33. The molecule has 1 aliphatic carbocycles. The molecule has 2 radical (unpaired) electrons. The second-order valence-corrected chi connectivity index (χ2v) is 19.4. The number of nitrogens with zero attached hydrogens (tertiary/aromatic N) is 1. The highest BCUT2D eigenvalue weighted by Gasteiger charge is 2.54. The van der Waals surface area contributed by atoms with Crippen LogP contribution < -0.4 is 0 Å². The fourth-order valence-electron chi connectivity index (χ4n) is 6.38. The van der Waals surface area contributed by atoms with E-state index in [4.69, 9.17) is 18.9 Å². The first kappa shape index (κ1) is 31.6. The maximum absolute atomic E-state index is 14.9. The van der Waals surface area contributed by atoms with Crippen LogP contribution in [0.25, 0.3) is 0 Å². The van der Waals surface area contributed by atoms with Crippen molar-refractivity contribution in [2.24, 2.45) is 5.41 Å². The number of alkyl halides is 3. The number of hydrogen-bond acceptors (Lipinski definition) is 4. The molecule has 1 fully saturated rings. The van der Waals surface area contributed by atoms with Gasteiger partial charge in [-0.05, 0) is 59.1 Å². The molecule has 0 bridgehead atoms. The van der Waals surface area contributed by atoms with Crippen molar-refractivity contribution >= 4 is 8.32 Å². The van der Waals surface area contributed by atoms with Gasteiger partial charge in [-0.2, -0.15) is 13.2 Å². The van der Waals surface area contributed by atoms with Crippen molar-refractivity contribution in [3.05, 3.63) is 69.6 Å². The van der Waals surface area contributed by atoms with Crippen LogP contribution in [0.4, 0.5) is 17.6 Å². The van der Waals surface area contributed by atoms with Crippen molar-refractivity contribution < 1.29 is 31.5 Å². The Bertz CT molecular complexity index is 1360. The molecule has 1 spiro atoms. The third-order valence-corrected chi connectivity index (χ3v) is 14.0. The average molecular weight is 606 g/mol. The van der Waals surface area contributed by atoms with Crippen LogP contribution in [0.1, 0.15) is 125 Å². The number of pyridine rings is 1. The maximum Gasteiger partial charge on any atom is 0.419 e. The van der Waals surface area contributed by atoms with E-state index >= 15 is 0 Å². The third kappa shape index (κ3) is 5.48. The SMILES string of the molecule is CC(C)c1nc2c(c3c1[C@@H](c1ccc(C(F)(F)F)c(F)c1)OC31CCOCC1)[C@@H](O[Si](C)(C)C(C)(C)C)CC(C)(C)[C]2. The molecule has 1 saturated heterocycles. The molecule has 9 heteroatoms. The minimum Gasteiger partial charge on any atom is -0.410 e. The van der Waals surface area contributed by atoms with Crippen LogP contribution in [0.2, 0.25) is 18.1 Å². The summed E-state index contributed by atoms with van der Waals surface area (Å²) in [6.07, 6.45) is -0.270. The standard InChI is InChI=1S/C33H43F4NO3Si/c1-19(2)28-26-27(25-23(38-28)17-31(6,7)18-24(25)41-42(8,9)30(3,4)5)32(12-14-39-15-13-32)40-29(26)20-10-11-21(22(34)16-20)33(35,36)37/h10-11,16,19,24,29H,12-15,18H2,1-9H3/t24-,29+/m0/s1. The van der Waals surface area contributed by atoms with Gasteiger partial charge in [-0.1, -0.05) is 54.5 Å². The summed E-state index contributed by atoms with van der Waals surface area (Å²) in [7, 11) is -2.24. The normalized spacial score (nSPS) is 23.8. The van der Waals surface area contributed by atoms with E-state index < -0.39 is 37.6 Å². The zero-order valence-corrected chi connectivity index (χ0v) is 27.2. The summed E-state index contributed by atoms with van der Waals surface area (Å²) in [6.45, 7) is 20.5. The van der Waals surface area contributed by atoms with E-state index in [0.29, 0.717) is 38.0 Å². The molecular formula is C33H43F4NO3Si. The van der Waals surface area contributed by atoms with Crippen molar-refractivity contribution in [3.63, 3.8) is 0 Å². The van der Waals surface area contributed by atoms with Crippen LogP contribution in [0.3, 0.4) is 0 Å². The summed E-state index contributed by atoms with van der Waals surface area (Å²) >= 11 is 0. The molecule has 1 aromatic carbocycles. The molecule has 2 aliphatic heterocycles. The van der Waals surface area contributed by atoms with Gasteiger partial charge in [-0.3, -0.25) is 4.98 Å². The predicted molar refractivity (Wildman–Crippen MR) is 156 cm³/mol. The lowest BCUT2D eigenvalue weighted by molar-refractivity contribution is -0.140. The van der Waals surface area contributed by atoms with Gasteiger partial charge >= 0.3 is 6.18 Å².